The fraction of sp³-hybridized carbons (Fsp3) is 0. The van der Waals surface area contributed by atoms with Crippen LogP contribution in [-0.4, -0.2) is 9.97 Å². The van der Waals surface area contributed by atoms with E-state index >= 15 is 0 Å². The van der Waals surface area contributed by atoms with Gasteiger partial charge in [0.2, 0.25) is 0 Å². The van der Waals surface area contributed by atoms with Crippen molar-refractivity contribution in [3.8, 4) is 0 Å². The summed E-state index contributed by atoms with van der Waals surface area (Å²) in [6.07, 6.45) is 1.30. The van der Waals surface area contributed by atoms with Crippen LogP contribution < -0.4 is 5.69 Å². The Morgan fingerprint density at radius 2 is 2.56 bits per heavy atom. The average molecular weight is 124 g/mol. The van der Waals surface area contributed by atoms with Crippen LogP contribution in [0.2, 0.25) is 0 Å². The lowest BCUT2D eigenvalue weighted by molar-refractivity contribution is 1.01. The van der Waals surface area contributed by atoms with E-state index in [9.17, 15) is 4.79 Å². The van der Waals surface area contributed by atoms with E-state index in [0.29, 0.717) is 0 Å². The smallest absolute Gasteiger partial charge is 0.289 e. The topological polar surface area (TPSA) is 82.0 Å². The predicted octanol–water partition coefficient (Wildman–Crippen LogP) is 0.432. The van der Waals surface area contributed by atoms with Gasteiger partial charge in [-0.25, -0.2) is 15.3 Å². The van der Waals surface area contributed by atoms with E-state index in [1.807, 2.05) is 0 Å². The fourth-order valence-electron chi connectivity index (χ4n) is 0.424. The lowest BCUT2D eigenvalue weighted by Crippen LogP contribution is -2.06. The number of aromatic nitrogens is 2. The first-order chi connectivity index (χ1) is 4.33. The Hall–Kier alpha value is -1.52. The molecule has 0 fully saturated rings. The van der Waals surface area contributed by atoms with Gasteiger partial charge in [-0.3, -0.25) is 4.98 Å². The molecular weight excluding hydrogens is 120 g/mol. The number of aromatic amines is 1. The first-order valence-electron chi connectivity index (χ1n) is 2.26. The van der Waals surface area contributed by atoms with Gasteiger partial charge in [0.25, 0.3) is 0 Å². The molecule has 9 heavy (non-hydrogen) atoms. The minimum absolute atomic E-state index is 0.218. The molecule has 1 heterocycles. The second kappa shape index (κ2) is 2.17. The summed E-state index contributed by atoms with van der Waals surface area (Å²) in [5.41, 5.74) is 5.98. The highest BCUT2D eigenvalue weighted by atomic mass is 16.1. The van der Waals surface area contributed by atoms with E-state index in [1.54, 1.807) is 0 Å². The summed E-state index contributed by atoms with van der Waals surface area (Å²) in [7, 11) is 0. The van der Waals surface area contributed by atoms with Gasteiger partial charge in [0, 0.05) is 12.3 Å². The number of nitrogens with zero attached hydrogens (tertiary/aromatic N) is 2. The molecule has 0 unspecified atom stereocenters. The molecule has 0 aromatic carbocycles. The maximum absolute atomic E-state index is 10.3. The van der Waals surface area contributed by atoms with Crippen LogP contribution in [0.3, 0.4) is 0 Å². The van der Waals surface area contributed by atoms with Crippen LogP contribution in [0.15, 0.2) is 22.2 Å². The zero-order chi connectivity index (χ0) is 6.69. The Balaban J connectivity index is 3.23. The molecule has 1 aromatic heterocycles. The Bertz CT molecular complexity index is 265. The van der Waals surface area contributed by atoms with Crippen LogP contribution in [0.4, 0.5) is 5.82 Å². The van der Waals surface area contributed by atoms with Gasteiger partial charge >= 0.3 is 5.69 Å². The molecule has 0 spiro atoms. The summed E-state index contributed by atoms with van der Waals surface area (Å²) < 4.78 is 0. The number of hydrogen-bond acceptors (Lipinski definition) is 4. The van der Waals surface area contributed by atoms with Crippen molar-refractivity contribution in [1.29, 1.82) is 5.53 Å². The van der Waals surface area contributed by atoms with Crippen LogP contribution in [-0.2, 0) is 0 Å². The molecule has 2 N–H and O–H groups in total. The molecule has 0 aliphatic rings. The fourth-order valence-corrected chi connectivity index (χ4v) is 0.424. The zero-order valence-electron chi connectivity index (χ0n) is 4.46. The molecule has 0 aliphatic carbocycles. The quantitative estimate of drug-likeness (QED) is 0.532. The van der Waals surface area contributed by atoms with E-state index in [-0.39, 0.29) is 5.82 Å². The zero-order valence-corrected chi connectivity index (χ0v) is 4.46. The van der Waals surface area contributed by atoms with Gasteiger partial charge in [-0.2, -0.15) is 0 Å². The minimum Gasteiger partial charge on any atom is -0.289 e. The first kappa shape index (κ1) is 5.61. The summed E-state index contributed by atoms with van der Waals surface area (Å²) in [6, 6.07) is 1.44. The van der Waals surface area contributed by atoms with Crippen LogP contribution in [0.25, 0.3) is 0 Å². The van der Waals surface area contributed by atoms with Gasteiger partial charge in [-0.1, -0.05) is 0 Å². The van der Waals surface area contributed by atoms with Crippen molar-refractivity contribution in [3.63, 3.8) is 0 Å². The molecule has 5 heteroatoms. The summed E-state index contributed by atoms with van der Waals surface area (Å²) in [6.45, 7) is 0. The number of H-pyrrole nitrogens is 1. The van der Waals surface area contributed by atoms with E-state index in [1.165, 1.54) is 12.3 Å². The monoisotopic (exact) mass is 124 g/mol. The van der Waals surface area contributed by atoms with Crippen LogP contribution in [0, 0.1) is 5.53 Å². The Kier molecular flexibility index (Phi) is 1.35. The molecule has 0 saturated heterocycles. The lowest BCUT2D eigenvalue weighted by atomic mass is 10.6. The first-order valence-corrected chi connectivity index (χ1v) is 2.26. The van der Waals surface area contributed by atoms with Gasteiger partial charge in [0.1, 0.15) is 0 Å². The van der Waals surface area contributed by atoms with E-state index < -0.39 is 5.69 Å². The summed E-state index contributed by atoms with van der Waals surface area (Å²) in [5, 5.41) is 2.99. The molecule has 0 amide bonds. The second-order valence-corrected chi connectivity index (χ2v) is 1.37. The van der Waals surface area contributed by atoms with Crippen molar-refractivity contribution in [2.24, 2.45) is 5.11 Å². The van der Waals surface area contributed by atoms with Gasteiger partial charge < -0.3 is 0 Å². The SMILES string of the molecule is N=Nc1ccnc(=O)[nH]1. The van der Waals surface area contributed by atoms with Crippen molar-refractivity contribution in [2.45, 2.75) is 0 Å². The average Bonchev–Trinajstić information content (AvgIpc) is 1.88. The van der Waals surface area contributed by atoms with Gasteiger partial charge in [-0.05, 0) is 0 Å². The Morgan fingerprint density at radius 3 is 3.00 bits per heavy atom. The lowest BCUT2D eigenvalue weighted by Gasteiger charge is -1.84. The standard InChI is InChI=1S/C4H4N4O/c5-8-3-1-2-6-4(9)7-3/h1-2,5H,(H,6,7,9). The molecule has 1 aromatic rings. The van der Waals surface area contributed by atoms with Crippen LogP contribution >= 0.6 is 0 Å². The summed E-state index contributed by atoms with van der Waals surface area (Å²) in [5.74, 6) is 0.218. The maximum Gasteiger partial charge on any atom is 0.346 e. The van der Waals surface area contributed by atoms with Crippen molar-refractivity contribution in [2.75, 3.05) is 0 Å². The highest BCUT2D eigenvalue weighted by Crippen LogP contribution is 1.98. The van der Waals surface area contributed by atoms with Crippen molar-refractivity contribution in [1.82, 2.24) is 9.97 Å². The molecule has 5 nitrogen and oxygen atoms in total. The maximum atomic E-state index is 10.3. The largest absolute Gasteiger partial charge is 0.346 e. The molecular formula is C4H4N4O. The predicted molar refractivity (Wildman–Crippen MR) is 29.7 cm³/mol. The minimum atomic E-state index is -0.483. The number of hydrogen-bond donors (Lipinski definition) is 2. The Morgan fingerprint density at radius 1 is 1.78 bits per heavy atom. The third kappa shape index (κ3) is 1.18. The van der Waals surface area contributed by atoms with Crippen molar-refractivity contribution in [3.05, 3.63) is 22.7 Å². The van der Waals surface area contributed by atoms with Gasteiger partial charge in [0.15, 0.2) is 5.82 Å². The molecule has 0 radical (unpaired) electrons. The van der Waals surface area contributed by atoms with Crippen molar-refractivity contribution < 1.29 is 0 Å². The molecule has 0 aliphatic heterocycles. The third-order valence-corrected chi connectivity index (χ3v) is 0.780. The van der Waals surface area contributed by atoms with E-state index in [4.69, 9.17) is 5.53 Å². The Labute approximate surface area is 50.3 Å². The molecule has 0 saturated carbocycles. The number of nitrogens with one attached hydrogen (secondary N) is 2. The summed E-state index contributed by atoms with van der Waals surface area (Å²) in [4.78, 5) is 15.9. The van der Waals surface area contributed by atoms with Gasteiger partial charge in [-0.15, -0.1) is 5.11 Å². The van der Waals surface area contributed by atoms with Crippen molar-refractivity contribution >= 4 is 5.82 Å². The summed E-state index contributed by atoms with van der Waals surface area (Å²) >= 11 is 0. The van der Waals surface area contributed by atoms with Crippen LogP contribution in [0.1, 0.15) is 0 Å². The second-order valence-electron chi connectivity index (χ2n) is 1.37. The molecule has 1 rings (SSSR count). The molecule has 0 atom stereocenters. The molecule has 0 bridgehead atoms. The normalized spacial score (nSPS) is 8.89. The third-order valence-electron chi connectivity index (χ3n) is 0.780. The highest BCUT2D eigenvalue weighted by Gasteiger charge is 1.85. The van der Waals surface area contributed by atoms with E-state index in [0.717, 1.165) is 0 Å². The number of rotatable bonds is 1. The van der Waals surface area contributed by atoms with Crippen LogP contribution in [0.5, 0.6) is 0 Å². The molecule has 46 valence electrons. The van der Waals surface area contributed by atoms with Gasteiger partial charge in [0.05, 0.1) is 0 Å². The highest BCUT2D eigenvalue weighted by molar-refractivity contribution is 5.20. The van der Waals surface area contributed by atoms with E-state index in [2.05, 4.69) is 15.1 Å².